The number of carbonyl (C=O) groups is 2. The molecule has 4 aliphatic carbocycles. The van der Waals surface area contributed by atoms with Gasteiger partial charge in [0, 0.05) is 0 Å². The lowest BCUT2D eigenvalue weighted by Gasteiger charge is -2.59. The van der Waals surface area contributed by atoms with Crippen molar-refractivity contribution in [3.8, 4) is 0 Å². The molecule has 0 aromatic rings. The van der Waals surface area contributed by atoms with Crippen LogP contribution in [-0.4, -0.2) is 48.9 Å². The summed E-state index contributed by atoms with van der Waals surface area (Å²) in [4.78, 5) is 25.1. The average molecular weight is 524 g/mol. The summed E-state index contributed by atoms with van der Waals surface area (Å²) in [6.45, 7) is 0. The summed E-state index contributed by atoms with van der Waals surface area (Å²) in [6.07, 6.45) is -35.0. The molecule has 0 saturated heterocycles. The molecule has 196 valence electrons. The summed E-state index contributed by atoms with van der Waals surface area (Å²) in [6, 6.07) is 0. The molecule has 0 aromatic heterocycles. The minimum absolute atomic E-state index is 0.244. The SMILES string of the molecule is O=C(OC(C(F)(F)F)C(F)(F)F)C12CC3CC(C1)CC(C(=O)OC(C(F)(F)F)C(F)(F)F)(C3)C2. The second-order valence-electron chi connectivity index (χ2n) is 9.26. The van der Waals surface area contributed by atoms with E-state index in [1.54, 1.807) is 0 Å². The van der Waals surface area contributed by atoms with Crippen molar-refractivity contribution < 1.29 is 71.7 Å². The first-order chi connectivity index (χ1) is 15.1. The van der Waals surface area contributed by atoms with E-state index in [4.69, 9.17) is 0 Å². The summed E-state index contributed by atoms with van der Waals surface area (Å²) < 4.78 is 162. The van der Waals surface area contributed by atoms with Crippen LogP contribution in [0.3, 0.4) is 0 Å². The van der Waals surface area contributed by atoms with Crippen molar-refractivity contribution in [2.24, 2.45) is 22.7 Å². The van der Waals surface area contributed by atoms with E-state index in [1.807, 2.05) is 0 Å². The van der Waals surface area contributed by atoms with Gasteiger partial charge in [0.2, 0.25) is 0 Å². The quantitative estimate of drug-likeness (QED) is 0.353. The highest BCUT2D eigenvalue weighted by Crippen LogP contribution is 2.66. The molecular weight excluding hydrogens is 508 g/mol. The summed E-state index contributed by atoms with van der Waals surface area (Å²) >= 11 is 0. The van der Waals surface area contributed by atoms with E-state index >= 15 is 0 Å². The molecule has 34 heavy (non-hydrogen) atoms. The van der Waals surface area contributed by atoms with Gasteiger partial charge in [-0.1, -0.05) is 0 Å². The summed E-state index contributed by atoms with van der Waals surface area (Å²) in [5.74, 6) is -5.35. The van der Waals surface area contributed by atoms with E-state index in [0.29, 0.717) is 0 Å². The summed E-state index contributed by atoms with van der Waals surface area (Å²) in [5, 5.41) is 0. The first-order valence-corrected chi connectivity index (χ1v) is 9.78. The molecule has 0 aromatic carbocycles. The van der Waals surface area contributed by atoms with Gasteiger partial charge in [-0.25, -0.2) is 0 Å². The van der Waals surface area contributed by atoms with E-state index in [0.717, 1.165) is 0 Å². The molecule has 4 nitrogen and oxygen atoms in total. The zero-order valence-electron chi connectivity index (χ0n) is 16.7. The lowest BCUT2D eigenvalue weighted by atomic mass is 9.44. The molecule has 4 aliphatic rings. The second-order valence-corrected chi connectivity index (χ2v) is 9.26. The molecule has 4 rings (SSSR count). The van der Waals surface area contributed by atoms with Crippen molar-refractivity contribution in [2.75, 3.05) is 0 Å². The van der Waals surface area contributed by atoms with Crippen LogP contribution in [-0.2, 0) is 19.1 Å². The fourth-order valence-electron chi connectivity index (χ4n) is 5.84. The van der Waals surface area contributed by atoms with Crippen LogP contribution in [0.25, 0.3) is 0 Å². The van der Waals surface area contributed by atoms with Gasteiger partial charge < -0.3 is 9.47 Å². The number of esters is 2. The Morgan fingerprint density at radius 3 is 1.09 bits per heavy atom. The fraction of sp³-hybridized carbons (Fsp3) is 0.889. The van der Waals surface area contributed by atoms with Crippen LogP contribution >= 0.6 is 0 Å². The van der Waals surface area contributed by atoms with Crippen LogP contribution < -0.4 is 0 Å². The van der Waals surface area contributed by atoms with Crippen molar-refractivity contribution in [3.05, 3.63) is 0 Å². The number of hydrogen-bond acceptors (Lipinski definition) is 4. The van der Waals surface area contributed by atoms with Crippen LogP contribution in [0, 0.1) is 22.7 Å². The number of halogens is 12. The van der Waals surface area contributed by atoms with Crippen LogP contribution in [0.4, 0.5) is 52.7 Å². The normalized spacial score (nSPS) is 31.8. The van der Waals surface area contributed by atoms with Crippen molar-refractivity contribution >= 4 is 11.9 Å². The Kier molecular flexibility index (Phi) is 6.13. The third kappa shape index (κ3) is 4.90. The lowest BCUT2D eigenvalue weighted by Crippen LogP contribution is -2.60. The van der Waals surface area contributed by atoms with Gasteiger partial charge in [0.05, 0.1) is 10.8 Å². The summed E-state index contributed by atoms with van der Waals surface area (Å²) in [5.41, 5.74) is -4.21. The van der Waals surface area contributed by atoms with Crippen LogP contribution in [0.15, 0.2) is 0 Å². The van der Waals surface area contributed by atoms with E-state index in [2.05, 4.69) is 9.47 Å². The standard InChI is InChI=1S/C18H16F12O4/c19-15(20,21)9(16(22,23)24)33-11(31)13-2-7-1-8(4-13)5-14(3-7,6-13)12(32)34-10(17(25,26)27)18(28,29)30/h7-10H,1-6H2. The molecular formula is C18H16F12O4. The minimum Gasteiger partial charge on any atom is -0.442 e. The van der Waals surface area contributed by atoms with Crippen molar-refractivity contribution in [1.29, 1.82) is 0 Å². The predicted molar refractivity (Wildman–Crippen MR) is 83.5 cm³/mol. The van der Waals surface area contributed by atoms with E-state index in [-0.39, 0.29) is 32.1 Å². The molecule has 4 bridgehead atoms. The van der Waals surface area contributed by atoms with Crippen LogP contribution in [0.2, 0.25) is 0 Å². The fourth-order valence-corrected chi connectivity index (χ4v) is 5.84. The number of hydrogen-bond donors (Lipinski definition) is 0. The van der Waals surface area contributed by atoms with E-state index in [1.165, 1.54) is 0 Å². The van der Waals surface area contributed by atoms with Crippen molar-refractivity contribution in [1.82, 2.24) is 0 Å². The minimum atomic E-state index is -6.03. The molecule has 0 unspecified atom stereocenters. The van der Waals surface area contributed by atoms with Gasteiger partial charge in [0.15, 0.2) is 0 Å². The third-order valence-electron chi connectivity index (χ3n) is 6.57. The topological polar surface area (TPSA) is 52.6 Å². The Morgan fingerprint density at radius 2 is 0.853 bits per heavy atom. The molecule has 0 atom stereocenters. The molecule has 0 radical (unpaired) electrons. The maximum absolute atomic E-state index is 12.8. The second kappa shape index (κ2) is 7.80. The molecule has 0 heterocycles. The van der Waals surface area contributed by atoms with Gasteiger partial charge in [-0.3, -0.25) is 9.59 Å². The Balaban J connectivity index is 1.89. The summed E-state index contributed by atoms with van der Waals surface area (Å²) in [7, 11) is 0. The predicted octanol–water partition coefficient (Wildman–Crippen LogP) is 5.65. The highest BCUT2D eigenvalue weighted by Gasteiger charge is 2.68. The van der Waals surface area contributed by atoms with Crippen LogP contribution in [0.1, 0.15) is 38.5 Å². The molecule has 0 aliphatic heterocycles. The highest BCUT2D eigenvalue weighted by molar-refractivity contribution is 5.83. The van der Waals surface area contributed by atoms with Crippen molar-refractivity contribution in [2.45, 2.75) is 75.4 Å². The lowest BCUT2D eigenvalue weighted by molar-refractivity contribution is -0.320. The Bertz CT molecular complexity index is 719. The molecule has 0 N–H and O–H groups in total. The van der Waals surface area contributed by atoms with Gasteiger partial charge >= 0.3 is 36.6 Å². The Hall–Kier alpha value is -1.90. The Morgan fingerprint density at radius 1 is 0.588 bits per heavy atom. The average Bonchev–Trinajstić information content (AvgIpc) is 2.58. The van der Waals surface area contributed by atoms with Gasteiger partial charge in [0.25, 0.3) is 12.2 Å². The van der Waals surface area contributed by atoms with E-state index < -0.39 is 77.9 Å². The smallest absolute Gasteiger partial charge is 0.434 e. The van der Waals surface area contributed by atoms with E-state index in [9.17, 15) is 62.3 Å². The van der Waals surface area contributed by atoms with Gasteiger partial charge in [-0.15, -0.1) is 0 Å². The zero-order chi connectivity index (χ0) is 26.1. The third-order valence-corrected chi connectivity index (χ3v) is 6.57. The van der Waals surface area contributed by atoms with Gasteiger partial charge in [-0.2, -0.15) is 52.7 Å². The van der Waals surface area contributed by atoms with Gasteiger partial charge in [0.1, 0.15) is 0 Å². The monoisotopic (exact) mass is 524 g/mol. The van der Waals surface area contributed by atoms with Gasteiger partial charge in [-0.05, 0) is 50.4 Å². The molecule has 4 fully saturated rings. The maximum atomic E-state index is 12.8. The van der Waals surface area contributed by atoms with Crippen molar-refractivity contribution in [3.63, 3.8) is 0 Å². The molecule has 0 amide bonds. The first kappa shape index (κ1) is 26.7. The van der Waals surface area contributed by atoms with Crippen LogP contribution in [0.5, 0.6) is 0 Å². The highest BCUT2D eigenvalue weighted by atomic mass is 19.4. The largest absolute Gasteiger partial charge is 0.442 e. The number of ether oxygens (including phenoxy) is 2. The maximum Gasteiger partial charge on any atom is 0.434 e. The zero-order valence-corrected chi connectivity index (χ0v) is 16.7. The molecule has 4 saturated carbocycles. The number of alkyl halides is 12. The molecule has 16 heteroatoms. The molecule has 0 spiro atoms. The number of carbonyl (C=O) groups excluding carboxylic acids is 2. The Labute approximate surface area is 182 Å². The first-order valence-electron chi connectivity index (χ1n) is 9.78. The number of rotatable bonds is 4.